The summed E-state index contributed by atoms with van der Waals surface area (Å²) in [5, 5.41) is 3.21. The molecule has 0 saturated heterocycles. The number of hydrogen-bond acceptors (Lipinski definition) is 2. The topological polar surface area (TPSA) is 32.3 Å². The molecule has 1 N–H and O–H groups in total. The van der Waals surface area contributed by atoms with Gasteiger partial charge in [0.25, 0.3) is 5.91 Å². The van der Waals surface area contributed by atoms with Gasteiger partial charge in [-0.15, -0.1) is 0 Å². The normalized spacial score (nSPS) is 18.2. The molecule has 166 valence electrons. The monoisotopic (exact) mass is 446 g/mol. The first-order valence-corrected chi connectivity index (χ1v) is 9.96. The van der Waals surface area contributed by atoms with Crippen molar-refractivity contribution in [2.45, 2.75) is 31.6 Å². The van der Waals surface area contributed by atoms with Crippen molar-refractivity contribution in [1.29, 1.82) is 0 Å². The Morgan fingerprint density at radius 1 is 0.969 bits per heavy atom. The second-order valence-electron chi connectivity index (χ2n) is 7.71. The quantitative estimate of drug-likeness (QED) is 0.461. The van der Waals surface area contributed by atoms with Crippen LogP contribution < -0.4 is 10.2 Å². The van der Waals surface area contributed by atoms with Crippen molar-refractivity contribution < 1.29 is 26.7 Å². The van der Waals surface area contributed by atoms with Crippen molar-refractivity contribution in [2.24, 2.45) is 0 Å². The molecule has 0 aliphatic carbocycles. The molecule has 0 bridgehead atoms. The molecule has 1 amide bonds. The van der Waals surface area contributed by atoms with E-state index in [9.17, 15) is 26.7 Å². The summed E-state index contributed by atoms with van der Waals surface area (Å²) in [7, 11) is 0. The van der Waals surface area contributed by atoms with E-state index in [1.54, 1.807) is 6.92 Å². The molecule has 32 heavy (non-hydrogen) atoms. The van der Waals surface area contributed by atoms with Crippen LogP contribution in [0.3, 0.4) is 0 Å². The van der Waals surface area contributed by atoms with E-state index < -0.39 is 46.9 Å². The zero-order valence-electron chi connectivity index (χ0n) is 17.0. The molecular weight excluding hydrogens is 427 g/mol. The first-order chi connectivity index (χ1) is 15.1. The Morgan fingerprint density at radius 3 is 2.31 bits per heavy atom. The summed E-state index contributed by atoms with van der Waals surface area (Å²) in [6.45, 7) is 1.72. The van der Waals surface area contributed by atoms with E-state index in [2.05, 4.69) is 5.32 Å². The maximum Gasteiger partial charge on any atom is 0.417 e. The highest BCUT2D eigenvalue weighted by Crippen LogP contribution is 2.41. The number of nitrogens with one attached hydrogen (secondary N) is 1. The van der Waals surface area contributed by atoms with Crippen LogP contribution in [0.25, 0.3) is 0 Å². The van der Waals surface area contributed by atoms with Crippen LogP contribution in [-0.2, 0) is 6.18 Å². The van der Waals surface area contributed by atoms with Gasteiger partial charge in [-0.2, -0.15) is 13.2 Å². The number of carbonyl (C=O) groups excluding carboxylic acids is 1. The Hall–Kier alpha value is -3.42. The number of carbonyl (C=O) groups is 1. The van der Waals surface area contributed by atoms with Gasteiger partial charge >= 0.3 is 6.18 Å². The molecule has 3 aromatic carbocycles. The van der Waals surface area contributed by atoms with E-state index in [0.717, 1.165) is 12.1 Å². The molecule has 1 aliphatic rings. The van der Waals surface area contributed by atoms with Gasteiger partial charge in [0.05, 0.1) is 17.2 Å². The van der Waals surface area contributed by atoms with Gasteiger partial charge in [-0.3, -0.25) is 4.79 Å². The fourth-order valence-corrected chi connectivity index (χ4v) is 4.07. The second-order valence-corrected chi connectivity index (χ2v) is 7.71. The van der Waals surface area contributed by atoms with Gasteiger partial charge in [0, 0.05) is 23.0 Å². The number of alkyl halides is 3. The lowest BCUT2D eigenvalue weighted by Crippen LogP contribution is -2.45. The molecule has 3 aromatic rings. The second kappa shape index (κ2) is 8.26. The SMILES string of the molecule is C[C@@H]1C[C@H](Nc2ccc(F)cc2)c2cc(F)ccc2N1C(=O)c1ccccc1C(F)(F)F. The summed E-state index contributed by atoms with van der Waals surface area (Å²) >= 11 is 0. The van der Waals surface area contributed by atoms with Gasteiger partial charge < -0.3 is 10.2 Å². The van der Waals surface area contributed by atoms with E-state index in [0.29, 0.717) is 23.4 Å². The van der Waals surface area contributed by atoms with Gasteiger partial charge in [-0.05, 0) is 67.9 Å². The maximum atomic E-state index is 14.1. The van der Waals surface area contributed by atoms with Gasteiger partial charge in [0.1, 0.15) is 11.6 Å². The van der Waals surface area contributed by atoms with E-state index in [1.807, 2.05) is 0 Å². The lowest BCUT2D eigenvalue weighted by molar-refractivity contribution is -0.137. The van der Waals surface area contributed by atoms with Crippen LogP contribution in [0.2, 0.25) is 0 Å². The minimum absolute atomic E-state index is 0.313. The highest BCUT2D eigenvalue weighted by Gasteiger charge is 2.39. The Labute approximate surface area is 181 Å². The average Bonchev–Trinajstić information content (AvgIpc) is 2.75. The number of amides is 1. The molecule has 8 heteroatoms. The van der Waals surface area contributed by atoms with Crippen LogP contribution in [0.1, 0.15) is 40.9 Å². The number of benzene rings is 3. The number of anilines is 2. The molecule has 4 rings (SSSR count). The molecule has 2 atom stereocenters. The van der Waals surface area contributed by atoms with Gasteiger partial charge in [-0.1, -0.05) is 12.1 Å². The largest absolute Gasteiger partial charge is 0.417 e. The smallest absolute Gasteiger partial charge is 0.378 e. The number of halogens is 5. The minimum Gasteiger partial charge on any atom is -0.378 e. The summed E-state index contributed by atoms with van der Waals surface area (Å²) in [5.41, 5.74) is -0.127. The molecule has 0 spiro atoms. The van der Waals surface area contributed by atoms with Crippen molar-refractivity contribution in [3.63, 3.8) is 0 Å². The van der Waals surface area contributed by atoms with Crippen LogP contribution in [-0.4, -0.2) is 11.9 Å². The third kappa shape index (κ3) is 4.17. The van der Waals surface area contributed by atoms with Crippen LogP contribution in [0.15, 0.2) is 66.7 Å². The highest BCUT2D eigenvalue weighted by atomic mass is 19.4. The predicted molar refractivity (Wildman–Crippen MR) is 111 cm³/mol. The molecular formula is C24H19F5N2O. The Morgan fingerprint density at radius 2 is 1.62 bits per heavy atom. The first kappa shape index (κ1) is 21.8. The number of rotatable bonds is 3. The summed E-state index contributed by atoms with van der Waals surface area (Å²) < 4.78 is 67.8. The molecule has 1 aliphatic heterocycles. The van der Waals surface area contributed by atoms with Crippen LogP contribution in [0.5, 0.6) is 0 Å². The van der Waals surface area contributed by atoms with Gasteiger partial charge in [-0.25, -0.2) is 8.78 Å². The van der Waals surface area contributed by atoms with Gasteiger partial charge in [0.2, 0.25) is 0 Å². The molecule has 3 nitrogen and oxygen atoms in total. The molecule has 0 fully saturated rings. The zero-order chi connectivity index (χ0) is 23.0. The number of nitrogens with zero attached hydrogens (tertiary/aromatic N) is 1. The van der Waals surface area contributed by atoms with Crippen molar-refractivity contribution in [1.82, 2.24) is 0 Å². The van der Waals surface area contributed by atoms with E-state index in [1.165, 1.54) is 59.5 Å². The molecule has 0 unspecified atom stereocenters. The van der Waals surface area contributed by atoms with Crippen molar-refractivity contribution in [2.75, 3.05) is 10.2 Å². The molecule has 0 aromatic heterocycles. The molecule has 0 saturated carbocycles. The maximum absolute atomic E-state index is 14.1. The lowest BCUT2D eigenvalue weighted by Gasteiger charge is -2.40. The highest BCUT2D eigenvalue weighted by molar-refractivity contribution is 6.08. The van der Waals surface area contributed by atoms with Crippen LogP contribution in [0, 0.1) is 11.6 Å². The first-order valence-electron chi connectivity index (χ1n) is 9.96. The van der Waals surface area contributed by atoms with Crippen molar-refractivity contribution in [3.8, 4) is 0 Å². The summed E-state index contributed by atoms with van der Waals surface area (Å²) in [4.78, 5) is 14.6. The van der Waals surface area contributed by atoms with Crippen molar-refractivity contribution >= 4 is 17.3 Å². The Balaban J connectivity index is 1.75. The summed E-state index contributed by atoms with van der Waals surface area (Å²) in [6.07, 6.45) is -4.38. The van der Waals surface area contributed by atoms with Gasteiger partial charge in [0.15, 0.2) is 0 Å². The van der Waals surface area contributed by atoms with E-state index >= 15 is 0 Å². The Bertz CT molecular complexity index is 1140. The van der Waals surface area contributed by atoms with E-state index in [-0.39, 0.29) is 0 Å². The van der Waals surface area contributed by atoms with E-state index in [4.69, 9.17) is 0 Å². The fourth-order valence-electron chi connectivity index (χ4n) is 4.07. The third-order valence-corrected chi connectivity index (χ3v) is 5.51. The fraction of sp³-hybridized carbons (Fsp3) is 0.208. The third-order valence-electron chi connectivity index (χ3n) is 5.51. The Kier molecular flexibility index (Phi) is 5.62. The predicted octanol–water partition coefficient (Wildman–Crippen LogP) is 6.58. The lowest BCUT2D eigenvalue weighted by atomic mass is 9.90. The molecule has 1 heterocycles. The average molecular weight is 446 g/mol. The summed E-state index contributed by atoms with van der Waals surface area (Å²) in [5.74, 6) is -1.75. The molecule has 0 radical (unpaired) electrons. The standard InChI is InChI=1S/C24H19F5N2O/c1-14-12-21(30-17-9-6-15(25)7-10-17)19-13-16(26)8-11-22(19)31(14)23(32)18-4-2-3-5-20(18)24(27,28)29/h2-11,13-14,21,30H,12H2,1H3/t14-,21+/m1/s1. The number of hydrogen-bond donors (Lipinski definition) is 1. The summed E-state index contributed by atoms with van der Waals surface area (Å²) in [6, 6.07) is 13.2. The number of fused-ring (bicyclic) bond motifs is 1. The zero-order valence-corrected chi connectivity index (χ0v) is 17.0. The van der Waals surface area contributed by atoms with Crippen molar-refractivity contribution in [3.05, 3.63) is 95.1 Å². The van der Waals surface area contributed by atoms with Crippen LogP contribution >= 0.6 is 0 Å². The van der Waals surface area contributed by atoms with Crippen LogP contribution in [0.4, 0.5) is 33.3 Å². The minimum atomic E-state index is -4.69.